The zero-order chi connectivity index (χ0) is 13.7. The van der Waals surface area contributed by atoms with Crippen LogP contribution in [0.5, 0.6) is 5.75 Å². The Balaban J connectivity index is 1.92. The van der Waals surface area contributed by atoms with Crippen molar-refractivity contribution < 1.29 is 9.15 Å². The number of aromatic nitrogens is 2. The molecule has 0 N–H and O–H groups in total. The Labute approximate surface area is 121 Å². The maximum Gasteiger partial charge on any atom is 0.230 e. The van der Waals surface area contributed by atoms with E-state index in [0.717, 1.165) is 25.0 Å². The Morgan fingerprint density at radius 1 is 1.21 bits per heavy atom. The van der Waals surface area contributed by atoms with E-state index in [4.69, 9.17) is 9.15 Å². The highest BCUT2D eigenvalue weighted by Gasteiger charge is 2.13. The number of nitrogens with zero attached hydrogens (tertiary/aromatic N) is 2. The fraction of sp³-hybridized carbons (Fsp3) is 0.429. The molecule has 4 nitrogen and oxygen atoms in total. The van der Waals surface area contributed by atoms with Crippen LogP contribution in [-0.2, 0) is 12.8 Å². The predicted molar refractivity (Wildman–Crippen MR) is 76.7 cm³/mol. The quantitative estimate of drug-likeness (QED) is 0.760. The Kier molecular flexibility index (Phi) is 4.96. The summed E-state index contributed by atoms with van der Waals surface area (Å²) in [6.45, 7) is 2.07. The molecule has 1 unspecified atom stereocenters. The summed E-state index contributed by atoms with van der Waals surface area (Å²) < 4.78 is 10.7. The molecule has 1 aromatic carbocycles. The van der Waals surface area contributed by atoms with Crippen molar-refractivity contribution in [1.82, 2.24) is 10.2 Å². The van der Waals surface area contributed by atoms with Gasteiger partial charge < -0.3 is 9.15 Å². The lowest BCUT2D eigenvalue weighted by Gasteiger charge is -2.02. The molecular weight excluding hydrogens is 308 g/mol. The molecule has 0 aliphatic rings. The molecular formula is C14H17BrN2O2. The second-order valence-corrected chi connectivity index (χ2v) is 5.36. The zero-order valence-corrected chi connectivity index (χ0v) is 12.7. The van der Waals surface area contributed by atoms with E-state index >= 15 is 0 Å². The van der Waals surface area contributed by atoms with E-state index in [1.54, 1.807) is 7.11 Å². The summed E-state index contributed by atoms with van der Waals surface area (Å²) in [6, 6.07) is 8.02. The molecule has 0 fully saturated rings. The van der Waals surface area contributed by atoms with Gasteiger partial charge in [-0.3, -0.25) is 0 Å². The van der Waals surface area contributed by atoms with Gasteiger partial charge in [0.05, 0.1) is 11.9 Å². The number of ether oxygens (including phenoxy) is 1. The van der Waals surface area contributed by atoms with Crippen LogP contribution < -0.4 is 4.74 Å². The molecule has 0 saturated heterocycles. The van der Waals surface area contributed by atoms with E-state index in [1.807, 2.05) is 12.1 Å². The highest BCUT2D eigenvalue weighted by atomic mass is 79.9. The highest BCUT2D eigenvalue weighted by molar-refractivity contribution is 9.09. The summed E-state index contributed by atoms with van der Waals surface area (Å²) in [5.41, 5.74) is 1.23. The molecule has 102 valence electrons. The van der Waals surface area contributed by atoms with Gasteiger partial charge in [-0.05, 0) is 30.5 Å². The largest absolute Gasteiger partial charge is 0.497 e. The lowest BCUT2D eigenvalue weighted by Crippen LogP contribution is -1.92. The van der Waals surface area contributed by atoms with E-state index in [0.29, 0.717) is 11.8 Å². The number of alkyl halides is 1. The molecule has 0 saturated carbocycles. The third-order valence-corrected chi connectivity index (χ3v) is 3.93. The standard InChI is InChI=1S/C14H17BrN2O2/c1-3-12(15)14-17-16-13(19-14)9-6-10-4-7-11(18-2)8-5-10/h4-5,7-8,12H,3,6,9H2,1-2H3. The first kappa shape index (κ1) is 14.1. The van der Waals surface area contributed by atoms with E-state index in [2.05, 4.69) is 45.2 Å². The Hall–Kier alpha value is -1.36. The van der Waals surface area contributed by atoms with Crippen LogP contribution in [0.4, 0.5) is 0 Å². The first-order valence-electron chi connectivity index (χ1n) is 6.32. The van der Waals surface area contributed by atoms with Crippen molar-refractivity contribution in [2.45, 2.75) is 31.0 Å². The van der Waals surface area contributed by atoms with Crippen LogP contribution in [0, 0.1) is 0 Å². The van der Waals surface area contributed by atoms with Crippen molar-refractivity contribution in [3.05, 3.63) is 41.6 Å². The topological polar surface area (TPSA) is 48.2 Å². The summed E-state index contributed by atoms with van der Waals surface area (Å²) in [5, 5.41) is 8.11. The monoisotopic (exact) mass is 324 g/mol. The zero-order valence-electron chi connectivity index (χ0n) is 11.1. The molecule has 2 aromatic rings. The van der Waals surface area contributed by atoms with Gasteiger partial charge in [0.1, 0.15) is 5.75 Å². The predicted octanol–water partition coefficient (Wildman–Crippen LogP) is 3.71. The molecule has 2 rings (SSSR count). The molecule has 0 amide bonds. The van der Waals surface area contributed by atoms with Gasteiger partial charge in [-0.25, -0.2) is 0 Å². The maximum absolute atomic E-state index is 5.61. The van der Waals surface area contributed by atoms with Crippen LogP contribution >= 0.6 is 15.9 Å². The molecule has 0 radical (unpaired) electrons. The van der Waals surface area contributed by atoms with Gasteiger partial charge in [-0.1, -0.05) is 35.0 Å². The summed E-state index contributed by atoms with van der Waals surface area (Å²) >= 11 is 3.50. The van der Waals surface area contributed by atoms with Gasteiger partial charge in [0.15, 0.2) is 0 Å². The minimum Gasteiger partial charge on any atom is -0.497 e. The van der Waals surface area contributed by atoms with Crippen LogP contribution in [0.25, 0.3) is 0 Å². The molecule has 5 heteroatoms. The van der Waals surface area contributed by atoms with E-state index in [9.17, 15) is 0 Å². The van der Waals surface area contributed by atoms with Crippen LogP contribution in [0.1, 0.15) is 35.5 Å². The molecule has 19 heavy (non-hydrogen) atoms. The fourth-order valence-corrected chi connectivity index (χ4v) is 1.90. The fourth-order valence-electron chi connectivity index (χ4n) is 1.71. The first-order valence-corrected chi connectivity index (χ1v) is 7.23. The summed E-state index contributed by atoms with van der Waals surface area (Å²) in [7, 11) is 1.67. The van der Waals surface area contributed by atoms with Crippen molar-refractivity contribution in [3.63, 3.8) is 0 Å². The number of halogens is 1. The average Bonchev–Trinajstić information content (AvgIpc) is 2.93. The number of aryl methyl sites for hydroxylation is 2. The van der Waals surface area contributed by atoms with Crippen LogP contribution in [0.2, 0.25) is 0 Å². The van der Waals surface area contributed by atoms with Crippen molar-refractivity contribution >= 4 is 15.9 Å². The molecule has 1 atom stereocenters. The molecule has 1 aromatic heterocycles. The number of methoxy groups -OCH3 is 1. The third kappa shape index (κ3) is 3.80. The van der Waals surface area contributed by atoms with Crippen molar-refractivity contribution in [2.75, 3.05) is 7.11 Å². The van der Waals surface area contributed by atoms with E-state index < -0.39 is 0 Å². The molecule has 0 spiro atoms. The molecule has 0 aliphatic carbocycles. The van der Waals surface area contributed by atoms with Gasteiger partial charge in [0, 0.05) is 6.42 Å². The Bertz CT molecular complexity index is 510. The smallest absolute Gasteiger partial charge is 0.230 e. The maximum atomic E-state index is 5.61. The van der Waals surface area contributed by atoms with Crippen molar-refractivity contribution in [3.8, 4) is 5.75 Å². The van der Waals surface area contributed by atoms with Gasteiger partial charge >= 0.3 is 0 Å². The van der Waals surface area contributed by atoms with Gasteiger partial charge in [-0.2, -0.15) is 0 Å². The molecule has 0 aliphatic heterocycles. The van der Waals surface area contributed by atoms with Crippen molar-refractivity contribution in [1.29, 1.82) is 0 Å². The minimum absolute atomic E-state index is 0.148. The SMILES string of the molecule is CCC(Br)c1nnc(CCc2ccc(OC)cc2)o1. The number of rotatable bonds is 6. The van der Waals surface area contributed by atoms with Crippen LogP contribution in [0.15, 0.2) is 28.7 Å². The number of hydrogen-bond donors (Lipinski definition) is 0. The summed E-state index contributed by atoms with van der Waals surface area (Å²) in [4.78, 5) is 0.148. The second-order valence-electron chi connectivity index (χ2n) is 4.26. The van der Waals surface area contributed by atoms with Gasteiger partial charge in [0.25, 0.3) is 0 Å². The lowest BCUT2D eigenvalue weighted by molar-refractivity contribution is 0.414. The van der Waals surface area contributed by atoms with Crippen molar-refractivity contribution in [2.24, 2.45) is 0 Å². The van der Waals surface area contributed by atoms with E-state index in [1.165, 1.54) is 5.56 Å². The third-order valence-electron chi connectivity index (χ3n) is 2.90. The van der Waals surface area contributed by atoms with Crippen LogP contribution in [-0.4, -0.2) is 17.3 Å². The first-order chi connectivity index (χ1) is 9.22. The van der Waals surface area contributed by atoms with E-state index in [-0.39, 0.29) is 4.83 Å². The Morgan fingerprint density at radius 2 is 1.95 bits per heavy atom. The summed E-state index contributed by atoms with van der Waals surface area (Å²) in [6.07, 6.45) is 2.56. The lowest BCUT2D eigenvalue weighted by atomic mass is 10.1. The normalized spacial score (nSPS) is 12.4. The van der Waals surface area contributed by atoms with Gasteiger partial charge in [-0.15, -0.1) is 10.2 Å². The number of benzene rings is 1. The second kappa shape index (κ2) is 6.70. The number of hydrogen-bond acceptors (Lipinski definition) is 4. The average molecular weight is 325 g/mol. The Morgan fingerprint density at radius 3 is 2.58 bits per heavy atom. The van der Waals surface area contributed by atoms with Gasteiger partial charge in [0.2, 0.25) is 11.8 Å². The molecule has 1 heterocycles. The summed E-state index contributed by atoms with van der Waals surface area (Å²) in [5.74, 6) is 2.21. The highest BCUT2D eigenvalue weighted by Crippen LogP contribution is 2.24. The minimum atomic E-state index is 0.148. The van der Waals surface area contributed by atoms with Crippen LogP contribution in [0.3, 0.4) is 0 Å². The molecule has 0 bridgehead atoms.